The number of hydrogen-bond donors (Lipinski definition) is 2. The molecule has 0 bridgehead atoms. The third-order valence-corrected chi connectivity index (χ3v) is 3.83. The van der Waals surface area contributed by atoms with Crippen LogP contribution in [0.25, 0.3) is 21.9 Å². The van der Waals surface area contributed by atoms with Crippen LogP contribution in [-0.4, -0.2) is 35.4 Å². The zero-order valence-electron chi connectivity index (χ0n) is 13.0. The first-order valence-electron chi connectivity index (χ1n) is 7.34. The number of anilines is 1. The van der Waals surface area contributed by atoms with Crippen LogP contribution in [0.2, 0.25) is 0 Å². The maximum atomic E-state index is 13.9. The quantitative estimate of drug-likeness (QED) is 0.572. The van der Waals surface area contributed by atoms with Crippen LogP contribution >= 0.6 is 0 Å². The molecule has 0 aliphatic carbocycles. The van der Waals surface area contributed by atoms with Gasteiger partial charge in [-0.2, -0.15) is 10.2 Å². The van der Waals surface area contributed by atoms with Gasteiger partial charge in [0.2, 0.25) is 5.91 Å². The molecule has 0 aliphatic heterocycles. The van der Waals surface area contributed by atoms with Crippen LogP contribution in [0, 0.1) is 5.82 Å². The number of aryl methyl sites for hydroxylation is 1. The van der Waals surface area contributed by atoms with Gasteiger partial charge in [0.1, 0.15) is 24.1 Å². The Morgan fingerprint density at radius 2 is 2.24 bits per heavy atom. The van der Waals surface area contributed by atoms with Crippen LogP contribution < -0.4 is 10.9 Å². The molecule has 3 heterocycles. The Morgan fingerprint density at radius 3 is 3.08 bits per heavy atom. The second-order valence-electron chi connectivity index (χ2n) is 5.47. The lowest BCUT2D eigenvalue weighted by molar-refractivity contribution is -0.116. The molecule has 1 amide bonds. The fourth-order valence-electron chi connectivity index (χ4n) is 2.63. The zero-order valence-corrected chi connectivity index (χ0v) is 13.0. The molecule has 25 heavy (non-hydrogen) atoms. The van der Waals surface area contributed by atoms with Crippen molar-refractivity contribution in [1.82, 2.24) is 29.5 Å². The van der Waals surface area contributed by atoms with Crippen molar-refractivity contribution in [2.24, 2.45) is 7.05 Å². The van der Waals surface area contributed by atoms with Crippen LogP contribution in [0.1, 0.15) is 0 Å². The molecule has 2 N–H and O–H groups in total. The van der Waals surface area contributed by atoms with Crippen molar-refractivity contribution >= 4 is 33.7 Å². The molecule has 0 atom stereocenters. The van der Waals surface area contributed by atoms with Crippen molar-refractivity contribution in [3.8, 4) is 0 Å². The van der Waals surface area contributed by atoms with E-state index in [4.69, 9.17) is 0 Å². The predicted octanol–water partition coefficient (Wildman–Crippen LogP) is 0.784. The summed E-state index contributed by atoms with van der Waals surface area (Å²) in [5.41, 5.74) is 0.513. The molecule has 0 saturated carbocycles. The van der Waals surface area contributed by atoms with Gasteiger partial charge in [-0.3, -0.25) is 23.9 Å². The van der Waals surface area contributed by atoms with Crippen molar-refractivity contribution in [2.75, 3.05) is 5.32 Å². The highest BCUT2D eigenvalue weighted by atomic mass is 19.1. The average Bonchev–Trinajstić information content (AvgIpc) is 3.16. The van der Waals surface area contributed by atoms with Crippen LogP contribution in [-0.2, 0) is 18.4 Å². The minimum absolute atomic E-state index is 0.0709. The number of hydrogen-bond acceptors (Lipinski definition) is 5. The van der Waals surface area contributed by atoms with Crippen molar-refractivity contribution < 1.29 is 9.18 Å². The van der Waals surface area contributed by atoms with E-state index in [1.807, 2.05) is 0 Å². The van der Waals surface area contributed by atoms with Gasteiger partial charge in [0, 0.05) is 7.05 Å². The summed E-state index contributed by atoms with van der Waals surface area (Å²) >= 11 is 0. The van der Waals surface area contributed by atoms with Gasteiger partial charge in [0.05, 0.1) is 17.1 Å². The molecule has 0 radical (unpaired) electrons. The summed E-state index contributed by atoms with van der Waals surface area (Å²) in [6, 6.07) is 4.46. The molecule has 4 aromatic rings. The number of carbonyl (C=O) groups excluding carboxylic acids is 1. The van der Waals surface area contributed by atoms with Crippen LogP contribution in [0.3, 0.4) is 0 Å². The summed E-state index contributed by atoms with van der Waals surface area (Å²) in [7, 11) is 1.67. The number of rotatable bonds is 3. The summed E-state index contributed by atoms with van der Waals surface area (Å²) in [6.45, 7) is -0.278. The van der Waals surface area contributed by atoms with Crippen LogP contribution in [0.5, 0.6) is 0 Å². The molecule has 0 unspecified atom stereocenters. The maximum Gasteiger partial charge on any atom is 0.264 e. The van der Waals surface area contributed by atoms with E-state index in [1.54, 1.807) is 13.1 Å². The van der Waals surface area contributed by atoms with Crippen molar-refractivity contribution in [3.05, 3.63) is 46.9 Å². The standard InChI is InChI=1S/C15H12FN7O2/c1-22-14-8(5-18-22)15(25)23(7-17-14)6-11(24)19-13-12-9(16)3-2-4-10(12)20-21-13/h2-5,7H,6H2,1H3,(H2,19,20,21,24). The van der Waals surface area contributed by atoms with Gasteiger partial charge in [-0.15, -0.1) is 0 Å². The Balaban J connectivity index is 1.62. The molecule has 1 aromatic carbocycles. The molecule has 0 fully saturated rings. The number of aromatic nitrogens is 6. The van der Waals surface area contributed by atoms with E-state index in [2.05, 4.69) is 25.6 Å². The van der Waals surface area contributed by atoms with Gasteiger partial charge in [-0.25, -0.2) is 9.37 Å². The molecule has 4 rings (SSSR count). The van der Waals surface area contributed by atoms with Gasteiger partial charge < -0.3 is 5.32 Å². The monoisotopic (exact) mass is 341 g/mol. The lowest BCUT2D eigenvalue weighted by Crippen LogP contribution is -2.28. The minimum atomic E-state index is -0.524. The number of benzene rings is 1. The van der Waals surface area contributed by atoms with E-state index >= 15 is 0 Å². The van der Waals surface area contributed by atoms with Crippen molar-refractivity contribution in [1.29, 1.82) is 0 Å². The Bertz CT molecular complexity index is 1170. The van der Waals surface area contributed by atoms with Crippen molar-refractivity contribution in [2.45, 2.75) is 6.54 Å². The first-order valence-corrected chi connectivity index (χ1v) is 7.34. The van der Waals surface area contributed by atoms with E-state index in [0.717, 1.165) is 4.57 Å². The number of fused-ring (bicyclic) bond motifs is 2. The topological polar surface area (TPSA) is 110 Å². The van der Waals surface area contributed by atoms with E-state index in [0.29, 0.717) is 16.6 Å². The van der Waals surface area contributed by atoms with E-state index in [-0.39, 0.29) is 23.3 Å². The number of carbonyl (C=O) groups is 1. The number of amides is 1. The summed E-state index contributed by atoms with van der Waals surface area (Å²) in [4.78, 5) is 28.7. The largest absolute Gasteiger partial charge is 0.307 e. The molecule has 9 nitrogen and oxygen atoms in total. The summed E-state index contributed by atoms with van der Waals surface area (Å²) in [5.74, 6) is -0.956. The highest BCUT2D eigenvalue weighted by Crippen LogP contribution is 2.23. The molecule has 0 saturated heterocycles. The molecular weight excluding hydrogens is 329 g/mol. The second-order valence-corrected chi connectivity index (χ2v) is 5.47. The number of nitrogens with one attached hydrogen (secondary N) is 2. The van der Waals surface area contributed by atoms with Gasteiger partial charge in [-0.1, -0.05) is 6.07 Å². The average molecular weight is 341 g/mol. The second kappa shape index (κ2) is 5.51. The highest BCUT2D eigenvalue weighted by molar-refractivity contribution is 5.99. The fourth-order valence-corrected chi connectivity index (χ4v) is 2.63. The fraction of sp³-hybridized carbons (Fsp3) is 0.133. The normalized spacial score (nSPS) is 11.3. The predicted molar refractivity (Wildman–Crippen MR) is 87.5 cm³/mol. The SMILES string of the molecule is Cn1ncc2c(=O)n(CC(=O)Nc3n[nH]c4cccc(F)c34)cnc21. The van der Waals surface area contributed by atoms with Crippen molar-refractivity contribution in [3.63, 3.8) is 0 Å². The molecule has 0 aliphatic rings. The molecule has 0 spiro atoms. The summed E-state index contributed by atoms with van der Waals surface area (Å²) in [5, 5.41) is 13.5. The Kier molecular flexibility index (Phi) is 3.31. The molecule has 3 aromatic heterocycles. The maximum absolute atomic E-state index is 13.9. The first-order chi connectivity index (χ1) is 12.0. The summed E-state index contributed by atoms with van der Waals surface area (Å²) < 4.78 is 16.5. The highest BCUT2D eigenvalue weighted by Gasteiger charge is 2.15. The van der Waals surface area contributed by atoms with Crippen LogP contribution in [0.15, 0.2) is 35.5 Å². The number of nitrogens with zero attached hydrogens (tertiary/aromatic N) is 5. The third-order valence-electron chi connectivity index (χ3n) is 3.83. The summed E-state index contributed by atoms with van der Waals surface area (Å²) in [6.07, 6.45) is 2.67. The van der Waals surface area contributed by atoms with E-state index < -0.39 is 11.7 Å². The van der Waals surface area contributed by atoms with Crippen LogP contribution in [0.4, 0.5) is 10.2 Å². The zero-order chi connectivity index (χ0) is 17.6. The molecular formula is C15H12FN7O2. The lowest BCUT2D eigenvalue weighted by Gasteiger charge is -2.06. The number of halogens is 1. The molecule has 10 heteroatoms. The number of H-pyrrole nitrogens is 1. The Hall–Kier alpha value is -3.56. The van der Waals surface area contributed by atoms with Gasteiger partial charge in [0.15, 0.2) is 11.5 Å². The van der Waals surface area contributed by atoms with E-state index in [1.165, 1.54) is 29.3 Å². The lowest BCUT2D eigenvalue weighted by atomic mass is 10.2. The van der Waals surface area contributed by atoms with Gasteiger partial charge in [-0.05, 0) is 12.1 Å². The van der Waals surface area contributed by atoms with Gasteiger partial charge in [0.25, 0.3) is 5.56 Å². The molecule has 126 valence electrons. The Labute approximate surface area is 139 Å². The third kappa shape index (κ3) is 2.43. The minimum Gasteiger partial charge on any atom is -0.307 e. The smallest absolute Gasteiger partial charge is 0.264 e. The van der Waals surface area contributed by atoms with E-state index in [9.17, 15) is 14.0 Å². The first kappa shape index (κ1) is 15.0. The Morgan fingerprint density at radius 1 is 1.40 bits per heavy atom. The van der Waals surface area contributed by atoms with Gasteiger partial charge >= 0.3 is 0 Å². The number of aromatic amines is 1.